The molecule has 0 fully saturated rings. The maximum atomic E-state index is 12.3. The summed E-state index contributed by atoms with van der Waals surface area (Å²) in [4.78, 5) is 18.0. The molecule has 4 nitrogen and oxygen atoms in total. The monoisotopic (exact) mass is 260 g/mol. The summed E-state index contributed by atoms with van der Waals surface area (Å²) in [7, 11) is 1.79. The predicted molar refractivity (Wildman–Crippen MR) is 74.6 cm³/mol. The summed E-state index contributed by atoms with van der Waals surface area (Å²) in [6.07, 6.45) is 4.09. The number of hydrogen-bond acceptors (Lipinski definition) is 3. The Kier molecular flexibility index (Phi) is 6.04. The highest BCUT2D eigenvalue weighted by molar-refractivity contribution is 5.96. The van der Waals surface area contributed by atoms with Crippen LogP contribution in [-0.4, -0.2) is 41.1 Å². The molecule has 4 heteroatoms. The minimum atomic E-state index is -0.230. The van der Waals surface area contributed by atoms with Gasteiger partial charge in [-0.1, -0.05) is 25.7 Å². The van der Waals surface area contributed by atoms with Crippen molar-refractivity contribution in [2.75, 3.05) is 20.2 Å². The fourth-order valence-electron chi connectivity index (χ4n) is 1.57. The van der Waals surface area contributed by atoms with Crippen molar-refractivity contribution in [1.82, 2.24) is 9.88 Å². The average Bonchev–Trinajstić information content (AvgIpc) is 2.42. The molecule has 0 saturated heterocycles. The Labute approximate surface area is 114 Å². The molecule has 0 bridgehead atoms. The summed E-state index contributed by atoms with van der Waals surface area (Å²) in [5.41, 5.74) is 1.08. The van der Waals surface area contributed by atoms with Crippen LogP contribution in [0.2, 0.25) is 0 Å². The van der Waals surface area contributed by atoms with Crippen molar-refractivity contribution in [3.8, 4) is 11.8 Å². The Morgan fingerprint density at radius 2 is 2.26 bits per heavy atom. The van der Waals surface area contributed by atoms with E-state index in [1.807, 2.05) is 0 Å². The Hall–Kier alpha value is -1.86. The van der Waals surface area contributed by atoms with Crippen LogP contribution in [0.3, 0.4) is 0 Å². The molecule has 0 aromatic carbocycles. The van der Waals surface area contributed by atoms with E-state index in [4.69, 9.17) is 5.11 Å². The van der Waals surface area contributed by atoms with Crippen LogP contribution < -0.4 is 0 Å². The molecular formula is C15H20N2O2. The number of hydrogen-bond donors (Lipinski definition) is 1. The van der Waals surface area contributed by atoms with E-state index in [1.54, 1.807) is 30.4 Å². The Balaban J connectivity index is 2.87. The first kappa shape index (κ1) is 15.2. The third kappa shape index (κ3) is 4.72. The van der Waals surface area contributed by atoms with Gasteiger partial charge in [0.25, 0.3) is 5.91 Å². The van der Waals surface area contributed by atoms with Crippen molar-refractivity contribution in [2.24, 2.45) is 5.92 Å². The lowest BCUT2D eigenvalue weighted by atomic mass is 10.1. The van der Waals surface area contributed by atoms with E-state index in [0.717, 1.165) is 6.42 Å². The van der Waals surface area contributed by atoms with Gasteiger partial charge >= 0.3 is 0 Å². The zero-order valence-electron chi connectivity index (χ0n) is 11.7. The number of nitrogens with zero attached hydrogens (tertiary/aromatic N) is 2. The van der Waals surface area contributed by atoms with Gasteiger partial charge in [0.1, 0.15) is 6.61 Å². The highest BCUT2D eigenvalue weighted by atomic mass is 16.2. The lowest BCUT2D eigenvalue weighted by Gasteiger charge is -2.18. The molecule has 1 aromatic heterocycles. The fourth-order valence-corrected chi connectivity index (χ4v) is 1.57. The van der Waals surface area contributed by atoms with Gasteiger partial charge in [-0.2, -0.15) is 0 Å². The molecule has 1 N–H and O–H groups in total. The molecule has 0 aliphatic rings. The first-order valence-electron chi connectivity index (χ1n) is 6.35. The molecule has 0 saturated carbocycles. The van der Waals surface area contributed by atoms with E-state index in [1.165, 1.54) is 0 Å². The SMILES string of the molecule is CC(C)CCN(C)C(=O)c1ccncc1C#CCO. The highest BCUT2D eigenvalue weighted by Gasteiger charge is 2.15. The predicted octanol–water partition coefficient (Wildman–Crippen LogP) is 1.54. The Morgan fingerprint density at radius 3 is 2.89 bits per heavy atom. The van der Waals surface area contributed by atoms with Crippen molar-refractivity contribution in [3.63, 3.8) is 0 Å². The third-order valence-corrected chi connectivity index (χ3v) is 2.74. The second-order valence-electron chi connectivity index (χ2n) is 4.79. The maximum absolute atomic E-state index is 12.3. The van der Waals surface area contributed by atoms with Crippen LogP contribution in [-0.2, 0) is 0 Å². The molecular weight excluding hydrogens is 240 g/mol. The minimum Gasteiger partial charge on any atom is -0.384 e. The van der Waals surface area contributed by atoms with Gasteiger partial charge in [-0.15, -0.1) is 0 Å². The van der Waals surface area contributed by atoms with Crippen LogP contribution in [0.15, 0.2) is 18.5 Å². The Morgan fingerprint density at radius 1 is 1.53 bits per heavy atom. The zero-order chi connectivity index (χ0) is 14.3. The number of aliphatic hydroxyl groups excluding tert-OH is 1. The molecule has 1 amide bonds. The van der Waals surface area contributed by atoms with Gasteiger partial charge in [0.15, 0.2) is 0 Å². The van der Waals surface area contributed by atoms with Gasteiger partial charge in [-0.3, -0.25) is 9.78 Å². The smallest absolute Gasteiger partial charge is 0.254 e. The molecule has 1 aromatic rings. The van der Waals surface area contributed by atoms with Crippen LogP contribution in [0.4, 0.5) is 0 Å². The zero-order valence-corrected chi connectivity index (χ0v) is 11.7. The third-order valence-electron chi connectivity index (χ3n) is 2.74. The van der Waals surface area contributed by atoms with Gasteiger partial charge < -0.3 is 10.0 Å². The molecule has 19 heavy (non-hydrogen) atoms. The molecule has 0 atom stereocenters. The van der Waals surface area contributed by atoms with Crippen LogP contribution in [0.1, 0.15) is 36.2 Å². The van der Waals surface area contributed by atoms with E-state index in [-0.39, 0.29) is 12.5 Å². The number of carbonyl (C=O) groups excluding carboxylic acids is 1. The second kappa shape index (κ2) is 7.55. The highest BCUT2D eigenvalue weighted by Crippen LogP contribution is 2.10. The summed E-state index contributed by atoms with van der Waals surface area (Å²) < 4.78 is 0. The molecule has 0 aliphatic heterocycles. The van der Waals surface area contributed by atoms with Crippen molar-refractivity contribution in [2.45, 2.75) is 20.3 Å². The van der Waals surface area contributed by atoms with Gasteiger partial charge in [-0.05, 0) is 18.4 Å². The van der Waals surface area contributed by atoms with E-state index in [2.05, 4.69) is 30.7 Å². The number of aliphatic hydroxyl groups is 1. The van der Waals surface area contributed by atoms with Crippen LogP contribution in [0.25, 0.3) is 0 Å². The first-order valence-corrected chi connectivity index (χ1v) is 6.35. The number of carbonyl (C=O) groups is 1. The van der Waals surface area contributed by atoms with E-state index in [9.17, 15) is 4.79 Å². The van der Waals surface area contributed by atoms with Gasteiger partial charge in [-0.25, -0.2) is 0 Å². The standard InChI is InChI=1S/C15H20N2O2/c1-12(2)7-9-17(3)15(19)14-6-8-16-11-13(14)5-4-10-18/h6,8,11-12,18H,7,9-10H2,1-3H3. The average molecular weight is 260 g/mol. The quantitative estimate of drug-likeness (QED) is 0.836. The number of amides is 1. The molecule has 1 heterocycles. The number of pyridine rings is 1. The maximum Gasteiger partial charge on any atom is 0.254 e. The van der Waals surface area contributed by atoms with Crippen LogP contribution in [0, 0.1) is 17.8 Å². The number of aromatic nitrogens is 1. The molecule has 0 aliphatic carbocycles. The minimum absolute atomic E-state index is 0.0645. The lowest BCUT2D eigenvalue weighted by Crippen LogP contribution is -2.29. The van der Waals surface area contributed by atoms with Gasteiger partial charge in [0.05, 0.1) is 11.1 Å². The van der Waals surface area contributed by atoms with Gasteiger partial charge in [0.2, 0.25) is 0 Å². The van der Waals surface area contributed by atoms with E-state index in [0.29, 0.717) is 23.6 Å². The van der Waals surface area contributed by atoms with Crippen molar-refractivity contribution in [1.29, 1.82) is 0 Å². The normalized spacial score (nSPS) is 9.95. The van der Waals surface area contributed by atoms with Crippen molar-refractivity contribution < 1.29 is 9.90 Å². The number of rotatable bonds is 4. The second-order valence-corrected chi connectivity index (χ2v) is 4.79. The van der Waals surface area contributed by atoms with Crippen LogP contribution >= 0.6 is 0 Å². The molecule has 0 spiro atoms. The lowest BCUT2D eigenvalue weighted by molar-refractivity contribution is 0.0789. The molecule has 1 rings (SSSR count). The summed E-state index contributed by atoms with van der Waals surface area (Å²) in [6.45, 7) is 4.74. The molecule has 0 unspecified atom stereocenters. The summed E-state index contributed by atoms with van der Waals surface area (Å²) in [5.74, 6) is 5.79. The van der Waals surface area contributed by atoms with Crippen molar-refractivity contribution in [3.05, 3.63) is 29.6 Å². The Bertz CT molecular complexity index is 486. The summed E-state index contributed by atoms with van der Waals surface area (Å²) in [6, 6.07) is 1.66. The van der Waals surface area contributed by atoms with E-state index >= 15 is 0 Å². The fraction of sp³-hybridized carbons (Fsp3) is 0.467. The molecule has 102 valence electrons. The largest absolute Gasteiger partial charge is 0.384 e. The topological polar surface area (TPSA) is 53.4 Å². The van der Waals surface area contributed by atoms with Gasteiger partial charge in [0, 0.05) is 26.0 Å². The van der Waals surface area contributed by atoms with E-state index < -0.39 is 0 Å². The summed E-state index contributed by atoms with van der Waals surface area (Å²) >= 11 is 0. The first-order chi connectivity index (χ1) is 9.06. The van der Waals surface area contributed by atoms with Crippen molar-refractivity contribution >= 4 is 5.91 Å². The summed E-state index contributed by atoms with van der Waals surface area (Å²) in [5, 5.41) is 8.72. The molecule has 0 radical (unpaired) electrons. The van der Waals surface area contributed by atoms with Crippen LogP contribution in [0.5, 0.6) is 0 Å².